The topological polar surface area (TPSA) is 50.4 Å². The van der Waals surface area contributed by atoms with Gasteiger partial charge in [-0.1, -0.05) is 29.5 Å². The first-order chi connectivity index (χ1) is 7.65. The van der Waals surface area contributed by atoms with E-state index in [1.807, 2.05) is 31.2 Å². The van der Waals surface area contributed by atoms with E-state index in [0.717, 1.165) is 10.5 Å². The molecule has 0 aliphatic rings. The van der Waals surface area contributed by atoms with E-state index in [1.54, 1.807) is 6.07 Å². The van der Waals surface area contributed by atoms with Crippen LogP contribution in [-0.4, -0.2) is 11.1 Å². The third-order valence-corrected chi connectivity index (χ3v) is 2.91. The van der Waals surface area contributed by atoms with Gasteiger partial charge in [-0.2, -0.15) is 0 Å². The first-order valence-electron chi connectivity index (χ1n) is 4.73. The molecule has 1 aromatic heterocycles. The number of carbonyl (C=O) groups is 1. The molecule has 3 nitrogen and oxygen atoms in total. The number of rotatable bonds is 3. The molecule has 2 rings (SSSR count). The number of hydrogen-bond acceptors (Lipinski definition) is 3. The third-order valence-electron chi connectivity index (χ3n) is 2.00. The average molecular weight is 234 g/mol. The Labute approximate surface area is 97.1 Å². The van der Waals surface area contributed by atoms with Gasteiger partial charge >= 0.3 is 5.97 Å². The quantitative estimate of drug-likeness (QED) is 0.883. The summed E-state index contributed by atoms with van der Waals surface area (Å²) in [5, 5.41) is 9.29. The fraction of sp³-hybridized carbons (Fsp3) is 0.0833. The van der Waals surface area contributed by atoms with Crippen molar-refractivity contribution < 1.29 is 14.3 Å². The predicted molar refractivity (Wildman–Crippen MR) is 61.0 cm³/mol. The van der Waals surface area contributed by atoms with E-state index in [0.29, 0.717) is 5.09 Å². The Bertz CT molecular complexity index is 516. The molecule has 0 bridgehead atoms. The number of carboxylic acid groups (broad SMARTS) is 1. The van der Waals surface area contributed by atoms with Crippen molar-refractivity contribution in [2.45, 2.75) is 16.9 Å². The minimum atomic E-state index is -1.05. The van der Waals surface area contributed by atoms with E-state index in [1.165, 1.54) is 17.8 Å². The first-order valence-corrected chi connectivity index (χ1v) is 5.54. The number of benzene rings is 1. The van der Waals surface area contributed by atoms with E-state index in [4.69, 9.17) is 9.52 Å². The van der Waals surface area contributed by atoms with Crippen molar-refractivity contribution in [3.8, 4) is 0 Å². The number of furan rings is 1. The van der Waals surface area contributed by atoms with Crippen LogP contribution in [0.25, 0.3) is 0 Å². The van der Waals surface area contributed by atoms with Gasteiger partial charge in [-0.25, -0.2) is 4.79 Å². The summed E-state index contributed by atoms with van der Waals surface area (Å²) in [5.41, 5.74) is 1.16. The lowest BCUT2D eigenvalue weighted by atomic mass is 10.2. The van der Waals surface area contributed by atoms with Crippen molar-refractivity contribution in [2.24, 2.45) is 0 Å². The van der Waals surface area contributed by atoms with Crippen LogP contribution in [0.3, 0.4) is 0 Å². The van der Waals surface area contributed by atoms with Crippen molar-refractivity contribution in [3.05, 3.63) is 47.7 Å². The van der Waals surface area contributed by atoms with E-state index < -0.39 is 5.97 Å². The van der Waals surface area contributed by atoms with Gasteiger partial charge in [0.2, 0.25) is 5.76 Å². The summed E-state index contributed by atoms with van der Waals surface area (Å²) in [7, 11) is 0. The molecule has 1 N–H and O–H groups in total. The normalized spacial score (nSPS) is 10.3. The van der Waals surface area contributed by atoms with Crippen LogP contribution in [0.4, 0.5) is 0 Å². The summed E-state index contributed by atoms with van der Waals surface area (Å²) in [5.74, 6) is -1.08. The highest BCUT2D eigenvalue weighted by molar-refractivity contribution is 7.99. The molecule has 4 heteroatoms. The summed E-state index contributed by atoms with van der Waals surface area (Å²) in [4.78, 5) is 11.7. The maximum atomic E-state index is 10.6. The van der Waals surface area contributed by atoms with Crippen LogP contribution in [0, 0.1) is 6.92 Å². The first kappa shape index (κ1) is 10.8. The molecule has 0 aliphatic carbocycles. The number of aryl methyl sites for hydroxylation is 1. The molecule has 0 aliphatic heterocycles. The zero-order valence-corrected chi connectivity index (χ0v) is 9.45. The van der Waals surface area contributed by atoms with Gasteiger partial charge in [-0.05, 0) is 31.2 Å². The summed E-state index contributed by atoms with van der Waals surface area (Å²) in [6.45, 7) is 2.01. The van der Waals surface area contributed by atoms with Gasteiger partial charge in [0.15, 0.2) is 5.09 Å². The molecule has 0 saturated heterocycles. The summed E-state index contributed by atoms with van der Waals surface area (Å²) < 4.78 is 5.15. The monoisotopic (exact) mass is 234 g/mol. The predicted octanol–water partition coefficient (Wildman–Crippen LogP) is 3.44. The lowest BCUT2D eigenvalue weighted by Crippen LogP contribution is -1.91. The highest BCUT2D eigenvalue weighted by atomic mass is 32.2. The van der Waals surface area contributed by atoms with Crippen molar-refractivity contribution in [1.29, 1.82) is 0 Å². The van der Waals surface area contributed by atoms with Crippen LogP contribution in [0.1, 0.15) is 16.1 Å². The molecule has 1 aromatic carbocycles. The second kappa shape index (κ2) is 4.45. The second-order valence-corrected chi connectivity index (χ2v) is 4.42. The van der Waals surface area contributed by atoms with Gasteiger partial charge in [0.1, 0.15) is 0 Å². The number of hydrogen-bond donors (Lipinski definition) is 1. The van der Waals surface area contributed by atoms with Crippen molar-refractivity contribution >= 4 is 17.7 Å². The third kappa shape index (κ3) is 2.46. The SMILES string of the molecule is Cc1cccc(Sc2ccc(C(=O)O)o2)c1. The van der Waals surface area contributed by atoms with Gasteiger partial charge in [-0.15, -0.1) is 0 Å². The molecule has 0 spiro atoms. The minimum Gasteiger partial charge on any atom is -0.475 e. The lowest BCUT2D eigenvalue weighted by Gasteiger charge is -1.98. The van der Waals surface area contributed by atoms with Gasteiger partial charge in [0, 0.05) is 4.90 Å². The van der Waals surface area contributed by atoms with Crippen LogP contribution >= 0.6 is 11.8 Å². The Balaban J connectivity index is 2.17. The molecule has 82 valence electrons. The van der Waals surface area contributed by atoms with Crippen molar-refractivity contribution in [1.82, 2.24) is 0 Å². The van der Waals surface area contributed by atoms with E-state index >= 15 is 0 Å². The van der Waals surface area contributed by atoms with E-state index in [9.17, 15) is 4.79 Å². The fourth-order valence-electron chi connectivity index (χ4n) is 1.28. The zero-order chi connectivity index (χ0) is 11.5. The lowest BCUT2D eigenvalue weighted by molar-refractivity contribution is 0.0656. The largest absolute Gasteiger partial charge is 0.475 e. The molecule has 1 heterocycles. The Hall–Kier alpha value is -1.68. The van der Waals surface area contributed by atoms with Gasteiger partial charge in [-0.3, -0.25) is 0 Å². The Morgan fingerprint density at radius 3 is 2.75 bits per heavy atom. The summed E-state index contributed by atoms with van der Waals surface area (Å²) in [6, 6.07) is 11.1. The molecular formula is C12H10O3S. The second-order valence-electron chi connectivity index (χ2n) is 3.34. The van der Waals surface area contributed by atoms with Crippen LogP contribution < -0.4 is 0 Å². The van der Waals surface area contributed by atoms with Crippen LogP contribution in [0.2, 0.25) is 0 Å². The Morgan fingerprint density at radius 2 is 2.12 bits per heavy atom. The van der Waals surface area contributed by atoms with Crippen LogP contribution in [-0.2, 0) is 0 Å². The highest BCUT2D eigenvalue weighted by Crippen LogP contribution is 2.29. The maximum Gasteiger partial charge on any atom is 0.371 e. The standard InChI is InChI=1S/C12H10O3S/c1-8-3-2-4-9(7-8)16-11-6-5-10(15-11)12(13)14/h2-7H,1H3,(H,13,14). The molecule has 0 radical (unpaired) electrons. The Kier molecular flexibility index (Phi) is 3.01. The fourth-order valence-corrected chi connectivity index (χ4v) is 2.18. The van der Waals surface area contributed by atoms with Gasteiger partial charge in [0.05, 0.1) is 0 Å². The Morgan fingerprint density at radius 1 is 1.31 bits per heavy atom. The van der Waals surface area contributed by atoms with Crippen LogP contribution in [0.5, 0.6) is 0 Å². The molecule has 0 amide bonds. The van der Waals surface area contributed by atoms with Crippen molar-refractivity contribution in [2.75, 3.05) is 0 Å². The minimum absolute atomic E-state index is 0.0323. The average Bonchev–Trinajstić information content (AvgIpc) is 2.66. The number of carboxylic acids is 1. The maximum absolute atomic E-state index is 10.6. The molecule has 0 unspecified atom stereocenters. The van der Waals surface area contributed by atoms with Gasteiger partial charge < -0.3 is 9.52 Å². The molecule has 0 atom stereocenters. The zero-order valence-electron chi connectivity index (χ0n) is 8.64. The van der Waals surface area contributed by atoms with E-state index in [2.05, 4.69) is 0 Å². The van der Waals surface area contributed by atoms with Gasteiger partial charge in [0.25, 0.3) is 0 Å². The smallest absolute Gasteiger partial charge is 0.371 e. The molecule has 0 saturated carbocycles. The number of aromatic carboxylic acids is 1. The molecule has 16 heavy (non-hydrogen) atoms. The molecule has 2 aromatic rings. The molecule has 0 fully saturated rings. The van der Waals surface area contributed by atoms with Crippen molar-refractivity contribution in [3.63, 3.8) is 0 Å². The summed E-state index contributed by atoms with van der Waals surface area (Å²) >= 11 is 1.41. The molecular weight excluding hydrogens is 224 g/mol. The van der Waals surface area contributed by atoms with E-state index in [-0.39, 0.29) is 5.76 Å². The summed E-state index contributed by atoms with van der Waals surface area (Å²) in [6.07, 6.45) is 0. The highest BCUT2D eigenvalue weighted by Gasteiger charge is 2.09. The van der Waals surface area contributed by atoms with Crippen LogP contribution in [0.15, 0.2) is 50.8 Å².